The second-order valence-electron chi connectivity index (χ2n) is 3.54. The molecule has 88 valence electrons. The van der Waals surface area contributed by atoms with E-state index in [9.17, 15) is 13.2 Å². The Morgan fingerprint density at radius 2 is 2.00 bits per heavy atom. The highest BCUT2D eigenvalue weighted by Crippen LogP contribution is 2.28. The van der Waals surface area contributed by atoms with Gasteiger partial charge in [-0.25, -0.2) is 13.2 Å². The van der Waals surface area contributed by atoms with E-state index in [1.165, 1.54) is 15.8 Å². The summed E-state index contributed by atoms with van der Waals surface area (Å²) < 4.78 is 25.5. The molecule has 5 nitrogen and oxygen atoms in total. The maximum atomic E-state index is 12.1. The summed E-state index contributed by atoms with van der Waals surface area (Å²) in [7, 11) is -3.60. The minimum atomic E-state index is -3.60. The van der Waals surface area contributed by atoms with Crippen molar-refractivity contribution in [2.24, 2.45) is 0 Å². The van der Waals surface area contributed by atoms with Crippen LogP contribution in [0.15, 0.2) is 15.7 Å². The first-order valence-corrected chi connectivity index (χ1v) is 7.16. The average Bonchev–Trinajstić information content (AvgIpc) is 2.89. The van der Waals surface area contributed by atoms with Gasteiger partial charge in [0.2, 0.25) is 0 Å². The molecular formula is C9H11NO4S2. The zero-order valence-electron chi connectivity index (χ0n) is 8.42. The van der Waals surface area contributed by atoms with Crippen LogP contribution in [0.1, 0.15) is 23.2 Å². The zero-order chi connectivity index (χ0) is 11.8. The van der Waals surface area contributed by atoms with Crippen LogP contribution in [0.25, 0.3) is 0 Å². The number of hydrogen-bond acceptors (Lipinski definition) is 4. The molecule has 1 N–H and O–H groups in total. The van der Waals surface area contributed by atoms with E-state index in [-0.39, 0.29) is 9.77 Å². The van der Waals surface area contributed by atoms with Crippen molar-refractivity contribution >= 4 is 27.3 Å². The zero-order valence-corrected chi connectivity index (χ0v) is 10.1. The summed E-state index contributed by atoms with van der Waals surface area (Å²) in [5, 5.41) is 10.4. The van der Waals surface area contributed by atoms with Gasteiger partial charge in [0.25, 0.3) is 10.0 Å². The Kier molecular flexibility index (Phi) is 3.00. The van der Waals surface area contributed by atoms with Gasteiger partial charge in [-0.15, -0.1) is 11.3 Å². The van der Waals surface area contributed by atoms with E-state index in [0.717, 1.165) is 24.2 Å². The van der Waals surface area contributed by atoms with E-state index < -0.39 is 16.0 Å². The van der Waals surface area contributed by atoms with Crippen LogP contribution in [0.2, 0.25) is 0 Å². The Labute approximate surface area is 97.4 Å². The van der Waals surface area contributed by atoms with E-state index in [0.29, 0.717) is 13.1 Å². The maximum Gasteiger partial charge on any atom is 0.337 e. The van der Waals surface area contributed by atoms with Crippen LogP contribution >= 0.6 is 11.3 Å². The molecule has 1 saturated heterocycles. The van der Waals surface area contributed by atoms with Crippen molar-refractivity contribution in [3.8, 4) is 0 Å². The van der Waals surface area contributed by atoms with Gasteiger partial charge in [-0.3, -0.25) is 0 Å². The number of nitrogens with zero attached hydrogens (tertiary/aromatic N) is 1. The first-order chi connectivity index (χ1) is 7.53. The van der Waals surface area contributed by atoms with Crippen LogP contribution in [-0.4, -0.2) is 36.9 Å². The first kappa shape index (κ1) is 11.6. The number of thiophene rings is 1. The van der Waals surface area contributed by atoms with Crippen LogP contribution in [0.4, 0.5) is 0 Å². The number of rotatable bonds is 3. The quantitative estimate of drug-likeness (QED) is 0.888. The minimum Gasteiger partial charge on any atom is -0.478 e. The van der Waals surface area contributed by atoms with Crippen molar-refractivity contribution in [3.63, 3.8) is 0 Å². The first-order valence-electron chi connectivity index (χ1n) is 4.84. The Balaban J connectivity index is 2.42. The molecule has 0 spiro atoms. The summed E-state index contributed by atoms with van der Waals surface area (Å²) in [5.41, 5.74) is -0.128. The number of carboxylic acid groups (broad SMARTS) is 1. The molecule has 7 heteroatoms. The summed E-state index contributed by atoms with van der Waals surface area (Å²) in [6.07, 6.45) is 1.68. The van der Waals surface area contributed by atoms with Crippen molar-refractivity contribution in [1.82, 2.24) is 4.31 Å². The van der Waals surface area contributed by atoms with Crippen LogP contribution in [-0.2, 0) is 10.0 Å². The van der Waals surface area contributed by atoms with Gasteiger partial charge in [-0.2, -0.15) is 4.31 Å². The molecule has 1 fully saturated rings. The lowest BCUT2D eigenvalue weighted by Crippen LogP contribution is -2.28. The van der Waals surface area contributed by atoms with Crippen molar-refractivity contribution in [2.75, 3.05) is 13.1 Å². The third-order valence-corrected chi connectivity index (χ3v) is 5.86. The summed E-state index contributed by atoms with van der Waals surface area (Å²) in [6, 6.07) is 1.33. The third-order valence-electron chi connectivity index (χ3n) is 2.50. The minimum absolute atomic E-state index is 0.0538. The van der Waals surface area contributed by atoms with E-state index in [1.54, 1.807) is 0 Å². The van der Waals surface area contributed by atoms with Crippen LogP contribution in [0.3, 0.4) is 0 Å². The molecule has 0 saturated carbocycles. The van der Waals surface area contributed by atoms with E-state index in [2.05, 4.69) is 0 Å². The van der Waals surface area contributed by atoms with Crippen molar-refractivity contribution in [3.05, 3.63) is 17.0 Å². The van der Waals surface area contributed by atoms with Gasteiger partial charge in [0.05, 0.1) is 5.56 Å². The average molecular weight is 261 g/mol. The molecule has 1 aromatic heterocycles. The molecule has 0 bridgehead atoms. The van der Waals surface area contributed by atoms with Gasteiger partial charge in [0.15, 0.2) is 0 Å². The summed E-state index contributed by atoms with van der Waals surface area (Å²) in [4.78, 5) is 10.9. The SMILES string of the molecule is O=C(O)c1ccsc1S(=O)(=O)N1CCCC1. The van der Waals surface area contributed by atoms with E-state index >= 15 is 0 Å². The second-order valence-corrected chi connectivity index (χ2v) is 6.59. The number of aromatic carboxylic acids is 1. The van der Waals surface area contributed by atoms with Gasteiger partial charge in [-0.1, -0.05) is 0 Å². The number of carbonyl (C=O) groups is 1. The molecule has 0 amide bonds. The molecule has 2 heterocycles. The highest BCUT2D eigenvalue weighted by Gasteiger charge is 2.31. The van der Waals surface area contributed by atoms with Crippen LogP contribution < -0.4 is 0 Å². The fourth-order valence-electron chi connectivity index (χ4n) is 1.70. The van der Waals surface area contributed by atoms with Crippen molar-refractivity contribution in [2.45, 2.75) is 17.1 Å². The summed E-state index contributed by atoms with van der Waals surface area (Å²) in [5.74, 6) is -1.20. The molecule has 0 aliphatic carbocycles. The molecule has 1 aromatic rings. The lowest BCUT2D eigenvalue weighted by molar-refractivity contribution is 0.0693. The smallest absolute Gasteiger partial charge is 0.337 e. The van der Waals surface area contributed by atoms with Gasteiger partial charge in [0, 0.05) is 13.1 Å². The fourth-order valence-corrected chi connectivity index (χ4v) is 4.69. The van der Waals surface area contributed by atoms with E-state index in [1.807, 2.05) is 0 Å². The summed E-state index contributed by atoms with van der Waals surface area (Å²) >= 11 is 0.961. The summed E-state index contributed by atoms with van der Waals surface area (Å²) in [6.45, 7) is 0.971. The molecule has 0 aromatic carbocycles. The molecule has 0 radical (unpaired) electrons. The monoisotopic (exact) mass is 261 g/mol. The molecule has 2 rings (SSSR count). The van der Waals surface area contributed by atoms with Gasteiger partial charge in [-0.05, 0) is 24.3 Å². The van der Waals surface area contributed by atoms with E-state index in [4.69, 9.17) is 5.11 Å². The topological polar surface area (TPSA) is 74.7 Å². The molecule has 16 heavy (non-hydrogen) atoms. The second kappa shape index (κ2) is 4.15. The number of hydrogen-bond donors (Lipinski definition) is 1. The van der Waals surface area contributed by atoms with Crippen molar-refractivity contribution in [1.29, 1.82) is 0 Å². The maximum absolute atomic E-state index is 12.1. The molecule has 1 aliphatic heterocycles. The normalized spacial score (nSPS) is 17.8. The number of carboxylic acids is 1. The number of sulfonamides is 1. The Morgan fingerprint density at radius 3 is 2.56 bits per heavy atom. The lowest BCUT2D eigenvalue weighted by Gasteiger charge is -2.14. The third kappa shape index (κ3) is 1.85. The Bertz CT molecular complexity index is 499. The highest BCUT2D eigenvalue weighted by atomic mass is 32.2. The Hall–Kier alpha value is -0.920. The highest BCUT2D eigenvalue weighted by molar-refractivity contribution is 7.91. The van der Waals surface area contributed by atoms with Gasteiger partial charge < -0.3 is 5.11 Å². The standard InChI is InChI=1S/C9H11NO4S2/c11-8(12)7-3-6-15-9(7)16(13,14)10-4-1-2-5-10/h3,6H,1-2,4-5H2,(H,11,12). The molecule has 0 atom stereocenters. The van der Waals surface area contributed by atoms with Crippen LogP contribution in [0, 0.1) is 0 Å². The molecule has 0 unspecified atom stereocenters. The lowest BCUT2D eigenvalue weighted by atomic mass is 10.4. The van der Waals surface area contributed by atoms with Gasteiger partial charge >= 0.3 is 5.97 Å². The molecule has 1 aliphatic rings. The fraction of sp³-hybridized carbons (Fsp3) is 0.444. The predicted octanol–water partition coefficient (Wildman–Crippen LogP) is 1.23. The Morgan fingerprint density at radius 1 is 1.38 bits per heavy atom. The molecular weight excluding hydrogens is 250 g/mol. The van der Waals surface area contributed by atoms with Gasteiger partial charge in [0.1, 0.15) is 4.21 Å². The predicted molar refractivity (Wildman–Crippen MR) is 59.3 cm³/mol. The largest absolute Gasteiger partial charge is 0.478 e. The van der Waals surface area contributed by atoms with Crippen molar-refractivity contribution < 1.29 is 18.3 Å². The van der Waals surface area contributed by atoms with Crippen LogP contribution in [0.5, 0.6) is 0 Å².